The molecule has 3 rings (SSSR count). The molecule has 4 nitrogen and oxygen atoms in total. The molecule has 1 aliphatic heterocycles. The number of aliphatic hydroxyl groups excluding tert-OH is 1. The lowest BCUT2D eigenvalue weighted by Crippen LogP contribution is -2.38. The summed E-state index contributed by atoms with van der Waals surface area (Å²) in [5, 5.41) is 20.0. The fourth-order valence-electron chi connectivity index (χ4n) is 2.87. The molecule has 1 saturated heterocycles. The molecule has 122 valence electrons. The Kier molecular flexibility index (Phi) is 4.96. The highest BCUT2D eigenvalue weighted by Gasteiger charge is 2.16. The highest BCUT2D eigenvalue weighted by Crippen LogP contribution is 2.26. The number of hydrogen-bond acceptors (Lipinski definition) is 4. The Morgan fingerprint density at radius 2 is 1.70 bits per heavy atom. The third kappa shape index (κ3) is 3.91. The average molecular weight is 313 g/mol. The number of benzene rings is 2. The molecule has 0 aliphatic carbocycles. The van der Waals surface area contributed by atoms with Gasteiger partial charge in [-0.25, -0.2) is 0 Å². The van der Waals surface area contributed by atoms with Crippen molar-refractivity contribution in [1.82, 2.24) is 4.90 Å². The number of aryl methyl sites for hydroxylation is 1. The summed E-state index contributed by atoms with van der Waals surface area (Å²) in [6.07, 6.45) is -0.483. The third-order valence-corrected chi connectivity index (χ3v) is 4.36. The van der Waals surface area contributed by atoms with Gasteiger partial charge in [-0.1, -0.05) is 30.3 Å². The van der Waals surface area contributed by atoms with Gasteiger partial charge in [0.2, 0.25) is 0 Å². The van der Waals surface area contributed by atoms with Crippen LogP contribution in [0.5, 0.6) is 5.75 Å². The van der Waals surface area contributed by atoms with Crippen LogP contribution < -0.4 is 0 Å². The molecule has 1 heterocycles. The summed E-state index contributed by atoms with van der Waals surface area (Å²) < 4.78 is 5.33. The summed E-state index contributed by atoms with van der Waals surface area (Å²) in [5.74, 6) is 0.311. The number of morpholine rings is 1. The van der Waals surface area contributed by atoms with Crippen LogP contribution in [0.1, 0.15) is 17.2 Å². The number of aromatic hydroxyl groups is 1. The molecule has 1 fully saturated rings. The molecule has 1 aliphatic rings. The summed E-state index contributed by atoms with van der Waals surface area (Å²) >= 11 is 0. The summed E-state index contributed by atoms with van der Waals surface area (Å²) in [5.41, 5.74) is 3.93. The standard InChI is InChI=1S/C19H23NO3/c1-14-12-17(6-7-18(14)21)15-2-4-16(5-3-15)19(22)13-20-8-10-23-11-9-20/h2-7,12,19,21-22H,8-11,13H2,1H3. The van der Waals surface area contributed by atoms with Crippen LogP contribution in [0.2, 0.25) is 0 Å². The molecule has 2 aromatic rings. The van der Waals surface area contributed by atoms with Crippen molar-refractivity contribution in [3.05, 3.63) is 53.6 Å². The van der Waals surface area contributed by atoms with E-state index >= 15 is 0 Å². The first-order valence-electron chi connectivity index (χ1n) is 8.01. The maximum atomic E-state index is 10.4. The first-order valence-corrected chi connectivity index (χ1v) is 8.01. The molecule has 0 bridgehead atoms. The van der Waals surface area contributed by atoms with Gasteiger partial charge in [-0.2, -0.15) is 0 Å². The van der Waals surface area contributed by atoms with Crippen molar-refractivity contribution in [2.75, 3.05) is 32.8 Å². The van der Waals surface area contributed by atoms with Crippen LogP contribution in [-0.4, -0.2) is 48.0 Å². The fraction of sp³-hybridized carbons (Fsp3) is 0.368. The van der Waals surface area contributed by atoms with Crippen molar-refractivity contribution in [1.29, 1.82) is 0 Å². The van der Waals surface area contributed by atoms with Crippen LogP contribution in [0.15, 0.2) is 42.5 Å². The highest BCUT2D eigenvalue weighted by atomic mass is 16.5. The van der Waals surface area contributed by atoms with E-state index in [-0.39, 0.29) is 0 Å². The number of ether oxygens (including phenoxy) is 1. The molecular weight excluding hydrogens is 290 g/mol. The quantitative estimate of drug-likeness (QED) is 0.911. The Morgan fingerprint density at radius 3 is 2.35 bits per heavy atom. The molecular formula is C19H23NO3. The van der Waals surface area contributed by atoms with E-state index in [2.05, 4.69) is 4.90 Å². The van der Waals surface area contributed by atoms with Crippen LogP contribution in [0.25, 0.3) is 11.1 Å². The van der Waals surface area contributed by atoms with Crippen molar-refractivity contribution in [3.63, 3.8) is 0 Å². The topological polar surface area (TPSA) is 52.9 Å². The SMILES string of the molecule is Cc1cc(-c2ccc(C(O)CN3CCOCC3)cc2)ccc1O. The van der Waals surface area contributed by atoms with Crippen molar-refractivity contribution in [3.8, 4) is 16.9 Å². The minimum atomic E-state index is -0.483. The van der Waals surface area contributed by atoms with E-state index in [1.165, 1.54) is 0 Å². The molecule has 1 unspecified atom stereocenters. The summed E-state index contributed by atoms with van der Waals surface area (Å²) in [6.45, 7) is 5.77. The molecule has 4 heteroatoms. The number of phenolic OH excluding ortho intramolecular Hbond substituents is 1. The van der Waals surface area contributed by atoms with Gasteiger partial charge in [0, 0.05) is 19.6 Å². The van der Waals surface area contributed by atoms with E-state index in [4.69, 9.17) is 4.74 Å². The molecule has 2 aromatic carbocycles. The summed E-state index contributed by atoms with van der Waals surface area (Å²) in [4.78, 5) is 2.23. The van der Waals surface area contributed by atoms with Crippen LogP contribution in [0.3, 0.4) is 0 Å². The number of aliphatic hydroxyl groups is 1. The van der Waals surface area contributed by atoms with Gasteiger partial charge in [0.15, 0.2) is 0 Å². The molecule has 2 N–H and O–H groups in total. The number of nitrogens with zero attached hydrogens (tertiary/aromatic N) is 1. The summed E-state index contributed by atoms with van der Waals surface area (Å²) in [6, 6.07) is 13.6. The van der Waals surface area contributed by atoms with E-state index in [0.29, 0.717) is 12.3 Å². The van der Waals surface area contributed by atoms with Gasteiger partial charge < -0.3 is 14.9 Å². The van der Waals surface area contributed by atoms with Crippen molar-refractivity contribution >= 4 is 0 Å². The predicted octanol–water partition coefficient (Wildman–Crippen LogP) is 2.73. The molecule has 0 spiro atoms. The fourth-order valence-corrected chi connectivity index (χ4v) is 2.87. The van der Waals surface area contributed by atoms with Crippen molar-refractivity contribution in [2.45, 2.75) is 13.0 Å². The Bertz CT molecular complexity index is 648. The van der Waals surface area contributed by atoms with Gasteiger partial charge in [-0.3, -0.25) is 4.90 Å². The van der Waals surface area contributed by atoms with Gasteiger partial charge in [0.05, 0.1) is 19.3 Å². The first kappa shape index (κ1) is 16.0. The monoisotopic (exact) mass is 313 g/mol. The predicted molar refractivity (Wildman–Crippen MR) is 90.5 cm³/mol. The lowest BCUT2D eigenvalue weighted by atomic mass is 10.00. The molecule has 23 heavy (non-hydrogen) atoms. The molecule has 1 atom stereocenters. The van der Waals surface area contributed by atoms with Crippen LogP contribution in [0.4, 0.5) is 0 Å². The van der Waals surface area contributed by atoms with Gasteiger partial charge in [0.1, 0.15) is 5.75 Å². The normalized spacial score (nSPS) is 17.1. The highest BCUT2D eigenvalue weighted by molar-refractivity contribution is 5.65. The largest absolute Gasteiger partial charge is 0.508 e. The lowest BCUT2D eigenvalue weighted by Gasteiger charge is -2.28. The maximum Gasteiger partial charge on any atom is 0.118 e. The second-order valence-electron chi connectivity index (χ2n) is 6.05. The van der Waals surface area contributed by atoms with Crippen LogP contribution in [0, 0.1) is 6.92 Å². The summed E-state index contributed by atoms with van der Waals surface area (Å²) in [7, 11) is 0. The molecule has 0 radical (unpaired) electrons. The third-order valence-electron chi connectivity index (χ3n) is 4.36. The molecule has 0 saturated carbocycles. The van der Waals surface area contributed by atoms with E-state index < -0.39 is 6.10 Å². The number of β-amino-alcohol motifs (C(OH)–C–C–N with tert-alkyl or cyclic N) is 1. The molecule has 0 amide bonds. The van der Waals surface area contributed by atoms with E-state index in [1.807, 2.05) is 43.3 Å². The Balaban J connectivity index is 1.69. The maximum absolute atomic E-state index is 10.4. The molecule has 0 aromatic heterocycles. The Labute approximate surface area is 136 Å². The van der Waals surface area contributed by atoms with Crippen LogP contribution in [-0.2, 0) is 4.74 Å². The van der Waals surface area contributed by atoms with E-state index in [9.17, 15) is 10.2 Å². The van der Waals surface area contributed by atoms with E-state index in [1.54, 1.807) is 6.07 Å². The zero-order valence-corrected chi connectivity index (χ0v) is 13.4. The zero-order chi connectivity index (χ0) is 16.2. The average Bonchev–Trinajstić information content (AvgIpc) is 2.58. The number of rotatable bonds is 4. The minimum absolute atomic E-state index is 0.311. The van der Waals surface area contributed by atoms with Crippen LogP contribution >= 0.6 is 0 Å². The van der Waals surface area contributed by atoms with Gasteiger partial charge in [-0.05, 0) is 41.3 Å². The minimum Gasteiger partial charge on any atom is -0.508 e. The first-order chi connectivity index (χ1) is 11.1. The number of phenols is 1. The Morgan fingerprint density at radius 1 is 1.04 bits per heavy atom. The lowest BCUT2D eigenvalue weighted by molar-refractivity contribution is 0.0143. The van der Waals surface area contributed by atoms with E-state index in [0.717, 1.165) is 48.6 Å². The second kappa shape index (κ2) is 7.13. The zero-order valence-electron chi connectivity index (χ0n) is 13.4. The Hall–Kier alpha value is -1.88. The van der Waals surface area contributed by atoms with Gasteiger partial charge >= 0.3 is 0 Å². The van der Waals surface area contributed by atoms with Gasteiger partial charge in [-0.15, -0.1) is 0 Å². The van der Waals surface area contributed by atoms with Crippen molar-refractivity contribution < 1.29 is 14.9 Å². The van der Waals surface area contributed by atoms with Crippen molar-refractivity contribution in [2.24, 2.45) is 0 Å². The smallest absolute Gasteiger partial charge is 0.118 e. The number of hydrogen-bond donors (Lipinski definition) is 2. The second-order valence-corrected chi connectivity index (χ2v) is 6.05. The van der Waals surface area contributed by atoms with Gasteiger partial charge in [0.25, 0.3) is 0 Å².